The van der Waals surface area contributed by atoms with Crippen LogP contribution in [0.1, 0.15) is 6.92 Å². The highest BCUT2D eigenvalue weighted by Crippen LogP contribution is 2.15. The first-order valence-electron chi connectivity index (χ1n) is 5.23. The fourth-order valence-electron chi connectivity index (χ4n) is 1.53. The third-order valence-corrected chi connectivity index (χ3v) is 2.67. The summed E-state index contributed by atoms with van der Waals surface area (Å²) in [6.45, 7) is 3.08. The molecule has 0 atom stereocenters. The van der Waals surface area contributed by atoms with Gasteiger partial charge in [-0.3, -0.25) is 4.79 Å². The van der Waals surface area contributed by atoms with Crippen LogP contribution in [0.2, 0.25) is 0 Å². The van der Waals surface area contributed by atoms with Gasteiger partial charge in [0.2, 0.25) is 0 Å². The van der Waals surface area contributed by atoms with E-state index in [0.29, 0.717) is 18.7 Å². The summed E-state index contributed by atoms with van der Waals surface area (Å²) < 4.78 is 25.8. The normalized spacial score (nSPS) is 14.2. The maximum atomic E-state index is 12.9. The molecular weight excluding hydrogens is 226 g/mol. The highest BCUT2D eigenvalue weighted by molar-refractivity contribution is 6.04. The molecule has 0 spiro atoms. The van der Waals surface area contributed by atoms with Crippen LogP contribution in [-0.4, -0.2) is 19.0 Å². The van der Waals surface area contributed by atoms with Gasteiger partial charge in [0.05, 0.1) is 0 Å². The topological polar surface area (TPSA) is 41.1 Å². The highest BCUT2D eigenvalue weighted by atomic mass is 19.1. The molecule has 1 saturated heterocycles. The molecule has 1 amide bonds. The quantitative estimate of drug-likeness (QED) is 0.772. The molecule has 1 fully saturated rings. The molecule has 0 aliphatic carbocycles. The average Bonchev–Trinajstić information content (AvgIpc) is 2.12. The van der Waals surface area contributed by atoms with Gasteiger partial charge in [0.25, 0.3) is 5.91 Å². The van der Waals surface area contributed by atoms with Crippen LogP contribution >= 0.6 is 0 Å². The molecular formula is C12H12F2N2O. The van der Waals surface area contributed by atoms with Gasteiger partial charge in [-0.1, -0.05) is 0 Å². The van der Waals surface area contributed by atoms with Crippen molar-refractivity contribution in [3.63, 3.8) is 0 Å². The number of hydrogen-bond acceptors (Lipinski definition) is 2. The fourth-order valence-corrected chi connectivity index (χ4v) is 1.53. The van der Waals surface area contributed by atoms with E-state index in [4.69, 9.17) is 0 Å². The Kier molecular flexibility index (Phi) is 3.19. The van der Waals surface area contributed by atoms with E-state index in [1.54, 1.807) is 6.92 Å². The first-order valence-corrected chi connectivity index (χ1v) is 5.23. The molecule has 0 saturated carbocycles. The standard InChI is InChI=1S/C12H12F2N2O/c1-7(8-5-15-6-8)12(17)16-11-3-9(13)2-10(14)4-11/h2-4,15H,5-6H2,1H3,(H,16,17). The van der Waals surface area contributed by atoms with Crippen molar-refractivity contribution in [1.29, 1.82) is 0 Å². The van der Waals surface area contributed by atoms with Crippen LogP contribution in [0.15, 0.2) is 29.3 Å². The van der Waals surface area contributed by atoms with E-state index in [0.717, 1.165) is 23.8 Å². The van der Waals surface area contributed by atoms with Crippen molar-refractivity contribution in [3.05, 3.63) is 41.0 Å². The summed E-state index contributed by atoms with van der Waals surface area (Å²) in [5, 5.41) is 5.49. The maximum absolute atomic E-state index is 12.9. The monoisotopic (exact) mass is 238 g/mol. The van der Waals surface area contributed by atoms with Crippen LogP contribution in [0.3, 0.4) is 0 Å². The zero-order valence-electron chi connectivity index (χ0n) is 9.31. The minimum atomic E-state index is -0.712. The first-order chi connectivity index (χ1) is 8.06. The molecule has 17 heavy (non-hydrogen) atoms. The second-order valence-corrected chi connectivity index (χ2v) is 3.94. The van der Waals surface area contributed by atoms with Crippen molar-refractivity contribution in [2.24, 2.45) is 0 Å². The second kappa shape index (κ2) is 4.63. The van der Waals surface area contributed by atoms with Gasteiger partial charge in [-0.25, -0.2) is 8.78 Å². The van der Waals surface area contributed by atoms with Crippen molar-refractivity contribution in [2.45, 2.75) is 6.92 Å². The van der Waals surface area contributed by atoms with Gasteiger partial charge in [-0.05, 0) is 24.6 Å². The second-order valence-electron chi connectivity index (χ2n) is 3.94. The summed E-state index contributed by atoms with van der Waals surface area (Å²) >= 11 is 0. The Morgan fingerprint density at radius 2 is 1.82 bits per heavy atom. The molecule has 2 N–H and O–H groups in total. The molecule has 3 nitrogen and oxygen atoms in total. The third-order valence-electron chi connectivity index (χ3n) is 2.67. The van der Waals surface area contributed by atoms with Crippen LogP contribution in [0.25, 0.3) is 0 Å². The molecule has 2 rings (SSSR count). The lowest BCUT2D eigenvalue weighted by atomic mass is 10.0. The van der Waals surface area contributed by atoms with Crippen molar-refractivity contribution < 1.29 is 13.6 Å². The Bertz CT molecular complexity index is 471. The summed E-state index contributed by atoms with van der Waals surface area (Å²) in [6, 6.07) is 2.92. The number of halogens is 2. The van der Waals surface area contributed by atoms with Gasteiger partial charge >= 0.3 is 0 Å². The van der Waals surface area contributed by atoms with Crippen molar-refractivity contribution >= 4 is 11.6 Å². The van der Waals surface area contributed by atoms with Crippen LogP contribution in [0, 0.1) is 11.6 Å². The third kappa shape index (κ3) is 2.68. The van der Waals surface area contributed by atoms with Crippen LogP contribution in [-0.2, 0) is 4.79 Å². The highest BCUT2D eigenvalue weighted by Gasteiger charge is 2.16. The van der Waals surface area contributed by atoms with E-state index in [1.165, 1.54) is 0 Å². The lowest BCUT2D eigenvalue weighted by Gasteiger charge is -2.21. The van der Waals surface area contributed by atoms with Crippen molar-refractivity contribution in [3.8, 4) is 0 Å². The molecule has 90 valence electrons. The largest absolute Gasteiger partial charge is 0.322 e. The van der Waals surface area contributed by atoms with Gasteiger partial charge < -0.3 is 10.6 Å². The molecule has 1 aromatic rings. The minimum Gasteiger partial charge on any atom is -0.322 e. The lowest BCUT2D eigenvalue weighted by molar-refractivity contribution is -0.112. The molecule has 1 aliphatic rings. The Morgan fingerprint density at radius 3 is 2.29 bits per heavy atom. The Morgan fingerprint density at radius 1 is 1.24 bits per heavy atom. The average molecular weight is 238 g/mol. The molecule has 5 heteroatoms. The predicted octanol–water partition coefficient (Wildman–Crippen LogP) is 1.82. The molecule has 1 heterocycles. The number of amides is 1. The number of rotatable bonds is 2. The molecule has 0 bridgehead atoms. The van der Waals surface area contributed by atoms with Gasteiger partial charge in [-0.15, -0.1) is 0 Å². The van der Waals surface area contributed by atoms with Crippen LogP contribution in [0.5, 0.6) is 0 Å². The van der Waals surface area contributed by atoms with Gasteiger partial charge in [0, 0.05) is 30.4 Å². The Labute approximate surface area is 97.5 Å². The van der Waals surface area contributed by atoms with Gasteiger partial charge in [0.15, 0.2) is 0 Å². The molecule has 0 unspecified atom stereocenters. The molecule has 1 aliphatic heterocycles. The van der Waals surface area contributed by atoms with Gasteiger partial charge in [0.1, 0.15) is 11.6 Å². The predicted molar refractivity (Wildman–Crippen MR) is 60.6 cm³/mol. The van der Waals surface area contributed by atoms with E-state index >= 15 is 0 Å². The molecule has 1 aromatic carbocycles. The number of carbonyl (C=O) groups excluding carboxylic acids is 1. The number of carbonyl (C=O) groups is 1. The zero-order chi connectivity index (χ0) is 12.4. The number of hydrogen-bond donors (Lipinski definition) is 2. The number of benzene rings is 1. The van der Waals surface area contributed by atoms with E-state index in [9.17, 15) is 13.6 Å². The molecule has 0 aromatic heterocycles. The van der Waals surface area contributed by atoms with Crippen LogP contribution < -0.4 is 10.6 Å². The summed E-state index contributed by atoms with van der Waals surface area (Å²) in [6.07, 6.45) is 0. The van der Waals surface area contributed by atoms with Gasteiger partial charge in [-0.2, -0.15) is 0 Å². The van der Waals surface area contributed by atoms with E-state index in [1.807, 2.05) is 0 Å². The zero-order valence-corrected chi connectivity index (χ0v) is 9.31. The summed E-state index contributed by atoms with van der Waals surface area (Å²) in [5.41, 5.74) is 1.73. The Hall–Kier alpha value is -1.75. The number of anilines is 1. The minimum absolute atomic E-state index is 0.125. The van der Waals surface area contributed by atoms with E-state index < -0.39 is 11.6 Å². The summed E-state index contributed by atoms with van der Waals surface area (Å²) in [4.78, 5) is 11.7. The first kappa shape index (κ1) is 11.7. The summed E-state index contributed by atoms with van der Waals surface area (Å²) in [5.74, 6) is -1.75. The fraction of sp³-hybridized carbons (Fsp3) is 0.250. The SMILES string of the molecule is CC(C(=O)Nc1cc(F)cc(F)c1)=C1CNC1. The van der Waals surface area contributed by atoms with Crippen LogP contribution in [0.4, 0.5) is 14.5 Å². The van der Waals surface area contributed by atoms with Crippen molar-refractivity contribution in [2.75, 3.05) is 18.4 Å². The smallest absolute Gasteiger partial charge is 0.251 e. The molecule has 0 radical (unpaired) electrons. The van der Waals surface area contributed by atoms with E-state index in [-0.39, 0.29) is 11.6 Å². The van der Waals surface area contributed by atoms with E-state index in [2.05, 4.69) is 10.6 Å². The van der Waals surface area contributed by atoms with Crippen molar-refractivity contribution in [1.82, 2.24) is 5.32 Å². The summed E-state index contributed by atoms with van der Waals surface area (Å²) in [7, 11) is 0. The Balaban J connectivity index is 2.12. The lowest BCUT2D eigenvalue weighted by Crippen LogP contribution is -2.36. The maximum Gasteiger partial charge on any atom is 0.251 e. The number of nitrogens with one attached hydrogen (secondary N) is 2.